The van der Waals surface area contributed by atoms with Crippen molar-refractivity contribution < 1.29 is 13.2 Å². The molecule has 3 fully saturated rings. The van der Waals surface area contributed by atoms with Crippen molar-refractivity contribution in [2.45, 2.75) is 31.9 Å². The zero-order valence-electron chi connectivity index (χ0n) is 18.7. The summed E-state index contributed by atoms with van der Waals surface area (Å²) in [6.45, 7) is 4.71. The van der Waals surface area contributed by atoms with E-state index in [1.807, 2.05) is 11.0 Å². The van der Waals surface area contributed by atoms with Crippen molar-refractivity contribution in [2.24, 2.45) is 17.3 Å². The molecule has 2 atom stereocenters. The summed E-state index contributed by atoms with van der Waals surface area (Å²) in [5, 5.41) is 13.6. The highest BCUT2D eigenvalue weighted by Crippen LogP contribution is 2.43. The number of nitriles is 1. The maximum atomic E-state index is 14.1. The zero-order chi connectivity index (χ0) is 23.1. The molecule has 2 aromatic rings. The molecule has 0 bridgehead atoms. The monoisotopic (exact) mass is 457 g/mol. The van der Waals surface area contributed by atoms with Crippen molar-refractivity contribution >= 4 is 16.6 Å². The van der Waals surface area contributed by atoms with E-state index in [0.717, 1.165) is 50.1 Å². The lowest BCUT2D eigenvalue weighted by atomic mass is 9.71. The Morgan fingerprint density at radius 1 is 1.09 bits per heavy atom. The van der Waals surface area contributed by atoms with Crippen LogP contribution in [0.3, 0.4) is 0 Å². The number of likely N-dealkylation sites (tertiary alicyclic amines) is 1. The lowest BCUT2D eigenvalue weighted by Crippen LogP contribution is -2.47. The summed E-state index contributed by atoms with van der Waals surface area (Å²) in [6.07, 6.45) is 1.93. The molecule has 8 heteroatoms. The number of alkyl halides is 3. The molecular formula is C25H30F3N5. The Bertz CT molecular complexity index is 1030. The highest BCUT2D eigenvalue weighted by molar-refractivity contribution is 5.95. The predicted octanol–water partition coefficient (Wildman–Crippen LogP) is 4.19. The van der Waals surface area contributed by atoms with Gasteiger partial charge in [0.2, 0.25) is 0 Å². The smallest absolute Gasteiger partial charge is 0.370 e. The van der Waals surface area contributed by atoms with Gasteiger partial charge in [0.05, 0.1) is 17.0 Å². The van der Waals surface area contributed by atoms with Crippen molar-refractivity contribution in [1.29, 1.82) is 5.26 Å². The Balaban J connectivity index is 1.34. The maximum Gasteiger partial charge on any atom is 0.393 e. The Morgan fingerprint density at radius 3 is 2.55 bits per heavy atom. The zero-order valence-corrected chi connectivity index (χ0v) is 18.7. The molecule has 0 amide bonds. The number of aromatic nitrogens is 1. The van der Waals surface area contributed by atoms with Gasteiger partial charge in [-0.3, -0.25) is 4.98 Å². The molecule has 1 aromatic heterocycles. The fourth-order valence-corrected chi connectivity index (χ4v) is 6.15. The van der Waals surface area contributed by atoms with Gasteiger partial charge < -0.3 is 15.1 Å². The number of pyridine rings is 1. The van der Waals surface area contributed by atoms with E-state index in [9.17, 15) is 18.4 Å². The third-order valence-corrected chi connectivity index (χ3v) is 8.14. The summed E-state index contributed by atoms with van der Waals surface area (Å²) in [4.78, 5) is 8.44. The number of fused-ring (bicyclic) bond motifs is 1. The van der Waals surface area contributed by atoms with Crippen LogP contribution in [0.15, 0.2) is 30.5 Å². The number of nitrogens with one attached hydrogen (secondary N) is 1. The molecule has 4 heterocycles. The van der Waals surface area contributed by atoms with Crippen LogP contribution in [0.2, 0.25) is 0 Å². The number of anilines is 1. The van der Waals surface area contributed by atoms with Crippen LogP contribution >= 0.6 is 0 Å². The molecule has 3 aliphatic heterocycles. The lowest BCUT2D eigenvalue weighted by Gasteiger charge is -2.45. The highest BCUT2D eigenvalue weighted by atomic mass is 19.4. The first-order valence-corrected chi connectivity index (χ1v) is 11.9. The molecule has 0 saturated carbocycles. The largest absolute Gasteiger partial charge is 0.393 e. The highest BCUT2D eigenvalue weighted by Gasteiger charge is 2.50. The Hall–Kier alpha value is -2.37. The molecule has 0 unspecified atom stereocenters. The minimum atomic E-state index is -4.23. The van der Waals surface area contributed by atoms with Crippen LogP contribution in [0.5, 0.6) is 0 Å². The summed E-state index contributed by atoms with van der Waals surface area (Å²) >= 11 is 0. The topological polar surface area (TPSA) is 55.2 Å². The van der Waals surface area contributed by atoms with Crippen LogP contribution in [0, 0.1) is 28.6 Å². The quantitative estimate of drug-likeness (QED) is 0.749. The molecular weight excluding hydrogens is 427 g/mol. The molecule has 3 aliphatic rings. The molecule has 33 heavy (non-hydrogen) atoms. The van der Waals surface area contributed by atoms with Crippen LogP contribution in [0.25, 0.3) is 10.9 Å². The molecule has 3 saturated heterocycles. The number of benzene rings is 1. The molecule has 176 valence electrons. The van der Waals surface area contributed by atoms with E-state index in [2.05, 4.69) is 21.3 Å². The summed E-state index contributed by atoms with van der Waals surface area (Å²) < 4.78 is 42.2. The van der Waals surface area contributed by atoms with Gasteiger partial charge in [0.1, 0.15) is 6.07 Å². The first-order chi connectivity index (χ1) is 15.9. The molecule has 5 nitrogen and oxygen atoms in total. The van der Waals surface area contributed by atoms with Gasteiger partial charge in [0, 0.05) is 42.8 Å². The van der Waals surface area contributed by atoms with Gasteiger partial charge >= 0.3 is 6.18 Å². The fourth-order valence-electron chi connectivity index (χ4n) is 6.15. The maximum absolute atomic E-state index is 14.1. The summed E-state index contributed by atoms with van der Waals surface area (Å²) in [5.74, 6) is -1.82. The number of rotatable bonds is 3. The SMILES string of the molecule is N#Cc1ccc(N2C[C@H](CN3CCC4(CCNCC4)CC3)[C@@H](C(F)(F)F)C2)c2cccnc12. The predicted molar refractivity (Wildman–Crippen MR) is 122 cm³/mol. The Kier molecular flexibility index (Phi) is 5.96. The van der Waals surface area contributed by atoms with Crippen LogP contribution in [0.4, 0.5) is 18.9 Å². The van der Waals surface area contributed by atoms with E-state index in [-0.39, 0.29) is 6.54 Å². The summed E-state index contributed by atoms with van der Waals surface area (Å²) in [5.41, 5.74) is 2.12. The molecule has 1 aromatic carbocycles. The second-order valence-electron chi connectivity index (χ2n) is 10.0. The van der Waals surface area contributed by atoms with Crippen molar-refractivity contribution in [1.82, 2.24) is 15.2 Å². The normalized spacial score (nSPS) is 26.1. The summed E-state index contributed by atoms with van der Waals surface area (Å²) in [7, 11) is 0. The van der Waals surface area contributed by atoms with E-state index in [0.29, 0.717) is 29.6 Å². The number of hydrogen-bond donors (Lipinski definition) is 1. The molecule has 1 N–H and O–H groups in total. The Morgan fingerprint density at radius 2 is 1.85 bits per heavy atom. The van der Waals surface area contributed by atoms with Crippen molar-refractivity contribution in [3.8, 4) is 6.07 Å². The molecule has 5 rings (SSSR count). The van der Waals surface area contributed by atoms with Gasteiger partial charge in [-0.2, -0.15) is 18.4 Å². The van der Waals surface area contributed by atoms with Gasteiger partial charge in [0.15, 0.2) is 0 Å². The van der Waals surface area contributed by atoms with Crippen LogP contribution < -0.4 is 10.2 Å². The minimum Gasteiger partial charge on any atom is -0.370 e. The van der Waals surface area contributed by atoms with Gasteiger partial charge in [-0.25, -0.2) is 0 Å². The number of halogens is 3. The average molecular weight is 458 g/mol. The number of hydrogen-bond acceptors (Lipinski definition) is 5. The second kappa shape index (κ2) is 8.77. The second-order valence-corrected chi connectivity index (χ2v) is 10.0. The third-order valence-electron chi connectivity index (χ3n) is 8.14. The lowest BCUT2D eigenvalue weighted by molar-refractivity contribution is -0.180. The standard InChI is InChI=1S/C25H30F3N5/c26-25(27,28)21-17-33(22-4-3-18(14-29)23-20(22)2-1-9-31-23)16-19(21)15-32-12-7-24(8-13-32)5-10-30-11-6-24/h1-4,9,19,21,30H,5-8,10-13,15-17H2/t19-,21-/m0/s1. The van der Waals surface area contributed by atoms with Gasteiger partial charge in [-0.1, -0.05) is 0 Å². The first-order valence-electron chi connectivity index (χ1n) is 11.9. The summed E-state index contributed by atoms with van der Waals surface area (Å²) in [6, 6.07) is 9.20. The van der Waals surface area contributed by atoms with Crippen molar-refractivity contribution in [2.75, 3.05) is 50.7 Å². The van der Waals surface area contributed by atoms with E-state index >= 15 is 0 Å². The minimum absolute atomic E-state index is 0.0481. The van der Waals surface area contributed by atoms with Crippen LogP contribution in [-0.2, 0) is 0 Å². The number of nitrogens with zero attached hydrogens (tertiary/aromatic N) is 4. The van der Waals surface area contributed by atoms with Gasteiger partial charge in [-0.05, 0) is 81.5 Å². The molecule has 1 spiro atoms. The number of piperidine rings is 2. The van der Waals surface area contributed by atoms with Gasteiger partial charge in [0.25, 0.3) is 0 Å². The van der Waals surface area contributed by atoms with E-state index in [1.54, 1.807) is 24.4 Å². The fraction of sp³-hybridized carbons (Fsp3) is 0.600. The van der Waals surface area contributed by atoms with Gasteiger partial charge in [-0.15, -0.1) is 0 Å². The van der Waals surface area contributed by atoms with E-state index in [4.69, 9.17) is 0 Å². The molecule has 0 aliphatic carbocycles. The van der Waals surface area contributed by atoms with E-state index in [1.165, 1.54) is 12.8 Å². The molecule has 0 radical (unpaired) electrons. The van der Waals surface area contributed by atoms with Crippen LogP contribution in [-0.4, -0.2) is 61.9 Å². The first kappa shape index (κ1) is 22.4. The van der Waals surface area contributed by atoms with Crippen molar-refractivity contribution in [3.63, 3.8) is 0 Å². The van der Waals surface area contributed by atoms with Crippen molar-refractivity contribution in [3.05, 3.63) is 36.0 Å². The van der Waals surface area contributed by atoms with E-state index < -0.39 is 18.0 Å². The average Bonchev–Trinajstić information content (AvgIpc) is 3.25. The third kappa shape index (κ3) is 4.41. The van der Waals surface area contributed by atoms with Crippen LogP contribution in [0.1, 0.15) is 31.2 Å². The Labute approximate surface area is 192 Å².